The summed E-state index contributed by atoms with van der Waals surface area (Å²) in [5.41, 5.74) is 0.298. The third-order valence-corrected chi connectivity index (χ3v) is 1.98. The number of fused-ring (bicyclic) bond motifs is 1. The van der Waals surface area contributed by atoms with Gasteiger partial charge in [0.1, 0.15) is 13.2 Å². The van der Waals surface area contributed by atoms with Crippen LogP contribution in [0.4, 0.5) is 0 Å². The van der Waals surface area contributed by atoms with Crippen molar-refractivity contribution < 1.29 is 14.3 Å². The van der Waals surface area contributed by atoms with Crippen molar-refractivity contribution in [1.29, 1.82) is 0 Å². The number of aromatic nitrogens is 1. The van der Waals surface area contributed by atoms with Crippen LogP contribution in [0.5, 0.6) is 11.6 Å². The van der Waals surface area contributed by atoms with Gasteiger partial charge >= 0.3 is 0 Å². The Kier molecular flexibility index (Phi) is 2.06. The zero-order chi connectivity index (χ0) is 9.26. The monoisotopic (exact) mass is 199 g/mol. The van der Waals surface area contributed by atoms with E-state index in [0.29, 0.717) is 36.7 Å². The Balaban J connectivity index is 2.58. The predicted molar refractivity (Wildman–Crippen MR) is 45.6 cm³/mol. The molecule has 68 valence electrons. The van der Waals surface area contributed by atoms with E-state index in [1.54, 1.807) is 0 Å². The highest BCUT2D eigenvalue weighted by atomic mass is 35.5. The van der Waals surface area contributed by atoms with E-state index in [0.717, 1.165) is 0 Å². The quantitative estimate of drug-likeness (QED) is 0.640. The summed E-state index contributed by atoms with van der Waals surface area (Å²) in [6.45, 7) is 0.857. The molecular weight excluding hydrogens is 194 g/mol. The second-order valence-electron chi connectivity index (χ2n) is 2.47. The molecule has 0 bridgehead atoms. The Morgan fingerprint density at radius 1 is 1.46 bits per heavy atom. The molecule has 0 radical (unpaired) electrons. The van der Waals surface area contributed by atoms with E-state index in [9.17, 15) is 4.79 Å². The van der Waals surface area contributed by atoms with Crippen molar-refractivity contribution in [3.05, 3.63) is 16.8 Å². The lowest BCUT2D eigenvalue weighted by Gasteiger charge is -2.18. The van der Waals surface area contributed by atoms with Gasteiger partial charge in [0.25, 0.3) is 5.88 Å². The molecule has 1 aliphatic heterocycles. The largest absolute Gasteiger partial charge is 0.484 e. The van der Waals surface area contributed by atoms with Crippen molar-refractivity contribution in [3.63, 3.8) is 0 Å². The normalized spacial score (nSPS) is 13.9. The summed E-state index contributed by atoms with van der Waals surface area (Å²) in [5.74, 6) is 0.673. The highest BCUT2D eigenvalue weighted by Gasteiger charge is 2.19. The Morgan fingerprint density at radius 3 is 3.00 bits per heavy atom. The molecule has 0 aliphatic carbocycles. The minimum Gasteiger partial charge on any atom is -0.484 e. The van der Waals surface area contributed by atoms with Gasteiger partial charge in [0, 0.05) is 0 Å². The third kappa shape index (κ3) is 1.33. The molecule has 0 saturated heterocycles. The second kappa shape index (κ2) is 3.22. The van der Waals surface area contributed by atoms with E-state index in [1.807, 2.05) is 0 Å². The van der Waals surface area contributed by atoms with Crippen LogP contribution < -0.4 is 9.47 Å². The average molecular weight is 200 g/mol. The number of halogens is 1. The third-order valence-electron chi connectivity index (χ3n) is 1.68. The lowest BCUT2D eigenvalue weighted by molar-refractivity contribution is 0.111. The standard InChI is InChI=1S/C8H6ClNO3/c9-6-3-10-8-7(5(6)4-11)12-1-2-13-8/h3-4H,1-2H2. The lowest BCUT2D eigenvalue weighted by atomic mass is 10.2. The van der Waals surface area contributed by atoms with Crippen LogP contribution in [0.1, 0.15) is 10.4 Å². The first-order valence-corrected chi connectivity index (χ1v) is 4.10. The van der Waals surface area contributed by atoms with Crippen molar-refractivity contribution in [2.24, 2.45) is 0 Å². The van der Waals surface area contributed by atoms with Gasteiger partial charge in [-0.25, -0.2) is 4.98 Å². The number of hydrogen-bond acceptors (Lipinski definition) is 4. The molecule has 4 nitrogen and oxygen atoms in total. The maximum absolute atomic E-state index is 10.7. The Hall–Kier alpha value is -1.29. The van der Waals surface area contributed by atoms with Gasteiger partial charge in [0.15, 0.2) is 12.0 Å². The summed E-state index contributed by atoms with van der Waals surface area (Å²) in [4.78, 5) is 14.5. The fourth-order valence-electron chi connectivity index (χ4n) is 1.10. The molecule has 0 atom stereocenters. The fraction of sp³-hybridized carbons (Fsp3) is 0.250. The first-order chi connectivity index (χ1) is 6.33. The molecule has 2 rings (SSSR count). The van der Waals surface area contributed by atoms with Crippen LogP contribution in [0.2, 0.25) is 5.02 Å². The molecule has 0 saturated carbocycles. The number of pyridine rings is 1. The molecule has 0 N–H and O–H groups in total. The molecule has 0 aromatic carbocycles. The van der Waals surface area contributed by atoms with E-state index in [-0.39, 0.29) is 5.02 Å². The van der Waals surface area contributed by atoms with Gasteiger partial charge in [0.2, 0.25) is 0 Å². The van der Waals surface area contributed by atoms with E-state index >= 15 is 0 Å². The highest BCUT2D eigenvalue weighted by molar-refractivity contribution is 6.33. The van der Waals surface area contributed by atoms with Crippen molar-refractivity contribution in [3.8, 4) is 11.6 Å². The molecule has 0 spiro atoms. The highest BCUT2D eigenvalue weighted by Crippen LogP contribution is 2.34. The van der Waals surface area contributed by atoms with Gasteiger partial charge in [-0.3, -0.25) is 4.79 Å². The molecule has 0 unspecified atom stereocenters. The zero-order valence-corrected chi connectivity index (χ0v) is 7.37. The van der Waals surface area contributed by atoms with Gasteiger partial charge < -0.3 is 9.47 Å². The van der Waals surface area contributed by atoms with Gasteiger partial charge in [-0.05, 0) is 0 Å². The van der Waals surface area contributed by atoms with Crippen LogP contribution in [0, 0.1) is 0 Å². The molecule has 0 amide bonds. The van der Waals surface area contributed by atoms with Crippen LogP contribution in [0.25, 0.3) is 0 Å². The molecule has 5 heteroatoms. The summed E-state index contributed by atoms with van der Waals surface area (Å²) in [7, 11) is 0. The van der Waals surface area contributed by atoms with E-state index < -0.39 is 0 Å². The molecule has 1 aliphatic rings. The van der Waals surface area contributed by atoms with Crippen LogP contribution in [-0.4, -0.2) is 24.5 Å². The lowest BCUT2D eigenvalue weighted by Crippen LogP contribution is -2.17. The summed E-state index contributed by atoms with van der Waals surface area (Å²) in [6.07, 6.45) is 2.01. The minimum absolute atomic E-state index is 0.277. The van der Waals surface area contributed by atoms with Crippen molar-refractivity contribution >= 4 is 17.9 Å². The van der Waals surface area contributed by atoms with Gasteiger partial charge in [0.05, 0.1) is 16.8 Å². The molecule has 1 aromatic rings. The number of aldehydes is 1. The number of rotatable bonds is 1. The maximum Gasteiger partial charge on any atom is 0.257 e. The first-order valence-electron chi connectivity index (χ1n) is 3.72. The van der Waals surface area contributed by atoms with Crippen LogP contribution in [-0.2, 0) is 0 Å². The number of nitrogens with zero attached hydrogens (tertiary/aromatic N) is 1. The first kappa shape index (κ1) is 8.31. The summed E-state index contributed by atoms with van der Waals surface area (Å²) in [6, 6.07) is 0. The van der Waals surface area contributed by atoms with Gasteiger partial charge in [-0.2, -0.15) is 0 Å². The smallest absolute Gasteiger partial charge is 0.257 e. The van der Waals surface area contributed by atoms with Gasteiger partial charge in [-0.15, -0.1) is 0 Å². The topological polar surface area (TPSA) is 48.4 Å². The van der Waals surface area contributed by atoms with E-state index in [1.165, 1.54) is 6.20 Å². The zero-order valence-electron chi connectivity index (χ0n) is 6.62. The second-order valence-corrected chi connectivity index (χ2v) is 2.88. The Morgan fingerprint density at radius 2 is 2.23 bits per heavy atom. The molecule has 0 fully saturated rings. The number of carbonyl (C=O) groups excluding carboxylic acids is 1. The molecule has 1 aromatic heterocycles. The van der Waals surface area contributed by atoms with Crippen LogP contribution in [0.15, 0.2) is 6.20 Å². The average Bonchev–Trinajstić information content (AvgIpc) is 2.18. The number of ether oxygens (including phenoxy) is 2. The minimum atomic E-state index is 0.277. The summed E-state index contributed by atoms with van der Waals surface area (Å²) < 4.78 is 10.4. The number of hydrogen-bond donors (Lipinski definition) is 0. The van der Waals surface area contributed by atoms with E-state index in [2.05, 4.69) is 4.98 Å². The molecule has 2 heterocycles. The van der Waals surface area contributed by atoms with E-state index in [4.69, 9.17) is 21.1 Å². The van der Waals surface area contributed by atoms with Crippen molar-refractivity contribution in [2.75, 3.05) is 13.2 Å². The SMILES string of the molecule is O=Cc1c(Cl)cnc2c1OCCO2. The van der Waals surface area contributed by atoms with Crippen LogP contribution in [0.3, 0.4) is 0 Å². The van der Waals surface area contributed by atoms with Crippen molar-refractivity contribution in [1.82, 2.24) is 4.98 Å². The number of carbonyl (C=O) groups is 1. The van der Waals surface area contributed by atoms with Crippen LogP contribution >= 0.6 is 11.6 Å². The fourth-order valence-corrected chi connectivity index (χ4v) is 1.28. The molecule has 13 heavy (non-hydrogen) atoms. The van der Waals surface area contributed by atoms with Crippen molar-refractivity contribution in [2.45, 2.75) is 0 Å². The Labute approximate surface area is 79.4 Å². The summed E-state index contributed by atoms with van der Waals surface area (Å²) in [5, 5.41) is 0.277. The van der Waals surface area contributed by atoms with Gasteiger partial charge in [-0.1, -0.05) is 11.6 Å². The summed E-state index contributed by atoms with van der Waals surface area (Å²) >= 11 is 5.73. The Bertz CT molecular complexity index is 353. The predicted octanol–water partition coefficient (Wildman–Crippen LogP) is 1.32. The molecular formula is C8H6ClNO3. The maximum atomic E-state index is 10.7.